The summed E-state index contributed by atoms with van der Waals surface area (Å²) in [5.41, 5.74) is 0.701. The fraction of sp³-hybridized carbons (Fsp3) is 0.333. The average Bonchev–Trinajstić information content (AvgIpc) is 2.15. The lowest BCUT2D eigenvalue weighted by Crippen LogP contribution is -2.17. The molecule has 0 saturated heterocycles. The quantitative estimate of drug-likeness (QED) is 0.663. The van der Waals surface area contributed by atoms with Gasteiger partial charge < -0.3 is 0 Å². The van der Waals surface area contributed by atoms with Gasteiger partial charge in [0.05, 0.1) is 0 Å². The van der Waals surface area contributed by atoms with E-state index in [1.54, 1.807) is 30.3 Å². The summed E-state index contributed by atoms with van der Waals surface area (Å²) in [6, 6.07) is 7.23. The number of hydrogen-bond acceptors (Lipinski definition) is 2. The second-order valence-corrected chi connectivity index (χ2v) is 2.70. The Morgan fingerprint density at radius 1 is 1.23 bits per heavy atom. The summed E-state index contributed by atoms with van der Waals surface area (Å²) in [5.74, 6) is 0. The van der Waals surface area contributed by atoms with Gasteiger partial charge in [-0.25, -0.2) is 8.78 Å². The van der Waals surface area contributed by atoms with Crippen LogP contribution < -0.4 is 0 Å². The normalized spacial score (nSPS) is 12.8. The van der Waals surface area contributed by atoms with E-state index in [-0.39, 0.29) is 6.42 Å². The third kappa shape index (κ3) is 2.89. The molecule has 0 aliphatic heterocycles. The van der Waals surface area contributed by atoms with E-state index < -0.39 is 12.5 Å². The number of hydrogen-bond donors (Lipinski definition) is 0. The maximum Gasteiger partial charge on any atom is 0.264 e. The first-order chi connectivity index (χ1) is 6.24. The summed E-state index contributed by atoms with van der Waals surface area (Å²) in [6.45, 7) is 0. The first kappa shape index (κ1) is 9.77. The zero-order valence-electron chi connectivity index (χ0n) is 6.86. The fourth-order valence-electron chi connectivity index (χ4n) is 1.03. The number of nitrogens with zero attached hydrogens (tertiary/aromatic N) is 1. The first-order valence-corrected chi connectivity index (χ1v) is 3.88. The summed E-state index contributed by atoms with van der Waals surface area (Å²) in [7, 11) is 0. The summed E-state index contributed by atoms with van der Waals surface area (Å²) in [4.78, 5) is 10.0. The van der Waals surface area contributed by atoms with Crippen molar-refractivity contribution in [1.82, 2.24) is 0 Å². The van der Waals surface area contributed by atoms with Crippen LogP contribution >= 0.6 is 0 Å². The Morgan fingerprint density at radius 3 is 2.31 bits per heavy atom. The molecule has 70 valence electrons. The van der Waals surface area contributed by atoms with Crippen molar-refractivity contribution in [3.05, 3.63) is 40.8 Å². The maximum atomic E-state index is 12.1. The van der Waals surface area contributed by atoms with Crippen LogP contribution in [0.5, 0.6) is 0 Å². The number of rotatable bonds is 4. The number of nitroso groups, excluding NO2 is 1. The van der Waals surface area contributed by atoms with E-state index in [2.05, 4.69) is 5.18 Å². The molecule has 13 heavy (non-hydrogen) atoms. The zero-order valence-corrected chi connectivity index (χ0v) is 6.86. The molecular formula is C9H9F2NO. The minimum absolute atomic E-state index is 0.00199. The van der Waals surface area contributed by atoms with E-state index in [0.717, 1.165) is 0 Å². The molecule has 1 unspecified atom stereocenters. The van der Waals surface area contributed by atoms with Gasteiger partial charge in [0.1, 0.15) is 0 Å². The van der Waals surface area contributed by atoms with E-state index in [9.17, 15) is 13.7 Å². The van der Waals surface area contributed by atoms with Crippen molar-refractivity contribution in [3.63, 3.8) is 0 Å². The van der Waals surface area contributed by atoms with Crippen LogP contribution in [0.4, 0.5) is 8.78 Å². The Hall–Kier alpha value is -1.32. The van der Waals surface area contributed by atoms with Crippen molar-refractivity contribution in [3.8, 4) is 0 Å². The SMILES string of the molecule is O=NC(Cc1ccccc1)C(F)F. The lowest BCUT2D eigenvalue weighted by molar-refractivity contribution is 0.116. The Morgan fingerprint density at radius 2 is 1.85 bits per heavy atom. The van der Waals surface area contributed by atoms with Crippen LogP contribution in [0.2, 0.25) is 0 Å². The minimum Gasteiger partial charge on any atom is -0.208 e. The Labute approximate surface area is 74.6 Å². The second-order valence-electron chi connectivity index (χ2n) is 2.70. The van der Waals surface area contributed by atoms with E-state index in [1.807, 2.05) is 0 Å². The largest absolute Gasteiger partial charge is 0.264 e. The van der Waals surface area contributed by atoms with Gasteiger partial charge in [0.15, 0.2) is 6.04 Å². The molecule has 0 fully saturated rings. The van der Waals surface area contributed by atoms with Gasteiger partial charge in [-0.2, -0.15) is 4.91 Å². The van der Waals surface area contributed by atoms with Gasteiger partial charge in [0.25, 0.3) is 6.43 Å². The van der Waals surface area contributed by atoms with Crippen molar-refractivity contribution < 1.29 is 8.78 Å². The van der Waals surface area contributed by atoms with Gasteiger partial charge in [-0.05, 0) is 5.56 Å². The third-order valence-electron chi connectivity index (χ3n) is 1.71. The van der Waals surface area contributed by atoms with Gasteiger partial charge in [-0.3, -0.25) is 0 Å². The molecule has 1 aromatic carbocycles. The molecule has 0 radical (unpaired) electrons. The Bertz CT molecular complexity index is 264. The summed E-state index contributed by atoms with van der Waals surface area (Å²) in [6.07, 6.45) is -2.68. The Balaban J connectivity index is 2.62. The van der Waals surface area contributed by atoms with Crippen LogP contribution in [-0.2, 0) is 6.42 Å². The van der Waals surface area contributed by atoms with Gasteiger partial charge >= 0.3 is 0 Å². The van der Waals surface area contributed by atoms with Crippen molar-refractivity contribution in [1.29, 1.82) is 0 Å². The average molecular weight is 185 g/mol. The van der Waals surface area contributed by atoms with Crippen molar-refractivity contribution in [2.24, 2.45) is 5.18 Å². The summed E-state index contributed by atoms with van der Waals surface area (Å²) < 4.78 is 24.2. The highest BCUT2D eigenvalue weighted by molar-refractivity contribution is 5.16. The lowest BCUT2D eigenvalue weighted by Gasteiger charge is -2.06. The molecule has 0 saturated carbocycles. The monoisotopic (exact) mass is 185 g/mol. The second kappa shape index (κ2) is 4.64. The van der Waals surface area contributed by atoms with E-state index >= 15 is 0 Å². The topological polar surface area (TPSA) is 29.4 Å². The maximum absolute atomic E-state index is 12.1. The van der Waals surface area contributed by atoms with Crippen molar-refractivity contribution >= 4 is 0 Å². The minimum atomic E-state index is -2.68. The molecule has 0 bridgehead atoms. The van der Waals surface area contributed by atoms with Crippen molar-refractivity contribution in [2.75, 3.05) is 0 Å². The van der Waals surface area contributed by atoms with Gasteiger partial charge in [0, 0.05) is 6.42 Å². The van der Waals surface area contributed by atoms with Crippen LogP contribution in [0.1, 0.15) is 5.56 Å². The van der Waals surface area contributed by atoms with E-state index in [4.69, 9.17) is 0 Å². The highest BCUT2D eigenvalue weighted by atomic mass is 19.3. The molecule has 2 nitrogen and oxygen atoms in total. The molecule has 0 heterocycles. The fourth-order valence-corrected chi connectivity index (χ4v) is 1.03. The zero-order chi connectivity index (χ0) is 9.68. The molecule has 0 aliphatic rings. The number of alkyl halides is 2. The molecule has 0 aromatic heterocycles. The van der Waals surface area contributed by atoms with Crippen LogP contribution in [0.15, 0.2) is 35.5 Å². The predicted octanol–water partition coefficient (Wildman–Crippen LogP) is 2.63. The molecule has 1 atom stereocenters. The van der Waals surface area contributed by atoms with Crippen molar-refractivity contribution in [2.45, 2.75) is 18.9 Å². The standard InChI is InChI=1S/C9H9F2NO/c10-9(11)8(12-13)6-7-4-2-1-3-5-7/h1-5,8-9H,6H2. The van der Waals surface area contributed by atoms with Crippen LogP contribution in [-0.4, -0.2) is 12.5 Å². The lowest BCUT2D eigenvalue weighted by atomic mass is 10.1. The molecule has 1 aromatic rings. The molecule has 0 amide bonds. The third-order valence-corrected chi connectivity index (χ3v) is 1.71. The molecule has 1 rings (SSSR count). The van der Waals surface area contributed by atoms with E-state index in [1.165, 1.54) is 0 Å². The predicted molar refractivity (Wildman–Crippen MR) is 45.7 cm³/mol. The number of benzene rings is 1. The molecule has 4 heteroatoms. The Kier molecular flexibility index (Phi) is 3.49. The molecular weight excluding hydrogens is 176 g/mol. The van der Waals surface area contributed by atoms with E-state index in [0.29, 0.717) is 5.56 Å². The number of halogens is 2. The first-order valence-electron chi connectivity index (χ1n) is 3.88. The molecule has 0 N–H and O–H groups in total. The van der Waals surface area contributed by atoms with Crippen LogP contribution in [0.3, 0.4) is 0 Å². The summed E-state index contributed by atoms with van der Waals surface area (Å²) in [5, 5.41) is 2.38. The smallest absolute Gasteiger partial charge is 0.208 e. The van der Waals surface area contributed by atoms with Gasteiger partial charge in [-0.1, -0.05) is 35.5 Å². The highest BCUT2D eigenvalue weighted by Crippen LogP contribution is 2.12. The molecule has 0 spiro atoms. The summed E-state index contributed by atoms with van der Waals surface area (Å²) >= 11 is 0. The van der Waals surface area contributed by atoms with Gasteiger partial charge in [-0.15, -0.1) is 0 Å². The van der Waals surface area contributed by atoms with Gasteiger partial charge in [0.2, 0.25) is 0 Å². The highest BCUT2D eigenvalue weighted by Gasteiger charge is 2.20. The molecule has 0 aliphatic carbocycles. The van der Waals surface area contributed by atoms with Crippen LogP contribution in [0.25, 0.3) is 0 Å². The van der Waals surface area contributed by atoms with Crippen LogP contribution in [0, 0.1) is 4.91 Å².